The van der Waals surface area contributed by atoms with Crippen LogP contribution in [-0.4, -0.2) is 30.8 Å². The Kier molecular flexibility index (Phi) is 6.87. The Hall–Kier alpha value is -4.25. The molecular weight excluding hydrogens is 539 g/mol. The van der Waals surface area contributed by atoms with Gasteiger partial charge in [-0.15, -0.1) is 0 Å². The van der Waals surface area contributed by atoms with Crippen molar-refractivity contribution in [2.75, 3.05) is 17.8 Å². The van der Waals surface area contributed by atoms with Crippen molar-refractivity contribution >= 4 is 21.2 Å². The van der Waals surface area contributed by atoms with Crippen LogP contribution in [0.15, 0.2) is 88.2 Å². The summed E-state index contributed by atoms with van der Waals surface area (Å²) in [5, 5.41) is 10.0. The van der Waals surface area contributed by atoms with Gasteiger partial charge in [-0.2, -0.15) is 13.9 Å². The molecule has 7 nitrogen and oxygen atoms in total. The second-order valence-electron chi connectivity index (χ2n) is 9.73. The number of halogens is 3. The Labute approximate surface area is 230 Å². The zero-order valence-corrected chi connectivity index (χ0v) is 23.0. The third-order valence-corrected chi connectivity index (χ3v) is 7.66. The molecule has 0 saturated heterocycles. The normalized spacial score (nSPS) is 14.0. The van der Waals surface area contributed by atoms with Gasteiger partial charge in [0.1, 0.15) is 17.3 Å². The molecule has 0 saturated carbocycles. The third kappa shape index (κ3) is 5.29. The van der Waals surface area contributed by atoms with Crippen LogP contribution in [0, 0.1) is 19.7 Å². The molecular formula is C29H26F3N5O2S. The number of sulfone groups is 1. The largest absolute Gasteiger partial charge is 0.301 e. The van der Waals surface area contributed by atoms with Gasteiger partial charge in [0, 0.05) is 36.6 Å². The van der Waals surface area contributed by atoms with Crippen LogP contribution in [-0.2, 0) is 15.8 Å². The van der Waals surface area contributed by atoms with Gasteiger partial charge < -0.3 is 4.57 Å². The van der Waals surface area contributed by atoms with Crippen molar-refractivity contribution in [2.45, 2.75) is 31.6 Å². The molecule has 0 fully saturated rings. The van der Waals surface area contributed by atoms with E-state index in [1.54, 1.807) is 13.0 Å². The van der Waals surface area contributed by atoms with E-state index in [4.69, 9.17) is 0 Å². The molecule has 0 bridgehead atoms. The quantitative estimate of drug-likeness (QED) is 0.251. The summed E-state index contributed by atoms with van der Waals surface area (Å²) in [6.07, 6.45) is 4.11. The number of rotatable bonds is 6. The Morgan fingerprint density at radius 1 is 0.950 bits per heavy atom. The number of benzene rings is 3. The van der Waals surface area contributed by atoms with Gasteiger partial charge >= 0.3 is 0 Å². The molecule has 0 spiro atoms. The minimum Gasteiger partial charge on any atom is -0.301 e. The van der Waals surface area contributed by atoms with Crippen LogP contribution in [0.5, 0.6) is 0 Å². The van der Waals surface area contributed by atoms with Crippen molar-refractivity contribution in [1.29, 1.82) is 0 Å². The van der Waals surface area contributed by atoms with Crippen molar-refractivity contribution in [3.63, 3.8) is 0 Å². The van der Waals surface area contributed by atoms with E-state index >= 15 is 4.39 Å². The second kappa shape index (κ2) is 10.1. The number of alkyl halides is 2. The molecule has 2 heterocycles. The summed E-state index contributed by atoms with van der Waals surface area (Å²) >= 11 is 0. The van der Waals surface area contributed by atoms with E-state index < -0.39 is 27.3 Å². The van der Waals surface area contributed by atoms with Crippen LogP contribution in [0.1, 0.15) is 29.6 Å². The van der Waals surface area contributed by atoms with Crippen LogP contribution >= 0.6 is 0 Å². The molecule has 0 unspecified atom stereocenters. The first-order valence-corrected chi connectivity index (χ1v) is 14.3. The number of hydrogen-bond acceptors (Lipinski definition) is 6. The summed E-state index contributed by atoms with van der Waals surface area (Å²) in [6.45, 7) is 4.58. The highest BCUT2D eigenvalue weighted by Gasteiger charge is 2.30. The summed E-state index contributed by atoms with van der Waals surface area (Å²) in [4.78, 5) is 4.05. The molecule has 5 rings (SSSR count). The Bertz CT molecular complexity index is 1770. The molecule has 0 atom stereocenters. The minimum absolute atomic E-state index is 0.0354. The number of aryl methyl sites for hydroxylation is 2. The molecule has 1 aliphatic rings. The minimum atomic E-state index is -3.55. The Morgan fingerprint density at radius 2 is 1.68 bits per heavy atom. The van der Waals surface area contributed by atoms with Gasteiger partial charge in [0.25, 0.3) is 5.92 Å². The maximum atomic E-state index is 15.8. The zero-order valence-electron chi connectivity index (χ0n) is 22.2. The van der Waals surface area contributed by atoms with Crippen LogP contribution in [0.2, 0.25) is 0 Å². The predicted octanol–water partition coefficient (Wildman–Crippen LogP) is 7.04. The van der Waals surface area contributed by atoms with Crippen molar-refractivity contribution in [3.05, 3.63) is 101 Å². The standard InChI is InChI=1S/C29H26F3N5O2S/c1-18-8-10-20(11-9-18)25-12-13-33-35-37(25)27-15-23(21-6-5-7-22(14-21)40(4,38)39)24(30)16-26(27)36-17-28(29(3,31)32)34-19(36)2/h5-12,14-17H,13H2,1-4H3. The van der Waals surface area contributed by atoms with Gasteiger partial charge in [-0.05, 0) is 43.7 Å². The maximum Gasteiger partial charge on any atom is 0.288 e. The highest BCUT2D eigenvalue weighted by atomic mass is 32.2. The summed E-state index contributed by atoms with van der Waals surface area (Å²) in [5.41, 5.74) is 3.06. The first-order valence-electron chi connectivity index (χ1n) is 12.4. The highest BCUT2D eigenvalue weighted by Crippen LogP contribution is 2.40. The predicted molar refractivity (Wildman–Crippen MR) is 148 cm³/mol. The number of hydrogen-bond donors (Lipinski definition) is 0. The molecule has 1 aliphatic heterocycles. The first kappa shape index (κ1) is 27.3. The lowest BCUT2D eigenvalue weighted by atomic mass is 10.0. The lowest BCUT2D eigenvalue weighted by Crippen LogP contribution is -2.19. The molecule has 206 valence electrons. The lowest BCUT2D eigenvalue weighted by Gasteiger charge is -2.27. The molecule has 0 radical (unpaired) electrons. The van der Waals surface area contributed by atoms with Gasteiger partial charge in [-0.3, -0.25) is 0 Å². The van der Waals surface area contributed by atoms with Crippen molar-refractivity contribution < 1.29 is 21.6 Å². The van der Waals surface area contributed by atoms with Gasteiger partial charge in [-0.25, -0.2) is 22.8 Å². The molecule has 1 aromatic heterocycles. The van der Waals surface area contributed by atoms with Gasteiger partial charge in [-0.1, -0.05) is 47.2 Å². The van der Waals surface area contributed by atoms with Crippen LogP contribution in [0.3, 0.4) is 0 Å². The average molecular weight is 566 g/mol. The van der Waals surface area contributed by atoms with Gasteiger partial charge in [0.15, 0.2) is 9.84 Å². The van der Waals surface area contributed by atoms with Crippen molar-refractivity contribution in [2.24, 2.45) is 10.3 Å². The number of imidazole rings is 1. The number of nitrogens with zero attached hydrogens (tertiary/aromatic N) is 5. The van der Waals surface area contributed by atoms with E-state index in [2.05, 4.69) is 15.3 Å². The van der Waals surface area contributed by atoms with E-state index in [9.17, 15) is 17.2 Å². The fourth-order valence-electron chi connectivity index (χ4n) is 4.46. The molecule has 0 amide bonds. The fraction of sp³-hybridized carbons (Fsp3) is 0.207. The van der Waals surface area contributed by atoms with Gasteiger partial charge in [0.05, 0.1) is 28.5 Å². The SMILES string of the molecule is Cc1ccc(C2=CCN=NN2c2cc(-c3cccc(S(C)(=O)=O)c3)c(F)cc2-n2cc(C(C)(F)F)nc2C)cc1. The number of anilines is 1. The second-order valence-corrected chi connectivity index (χ2v) is 11.7. The zero-order chi connectivity index (χ0) is 28.8. The summed E-state index contributed by atoms with van der Waals surface area (Å²) in [6, 6.07) is 16.4. The molecule has 0 N–H and O–H groups in total. The number of aromatic nitrogens is 2. The third-order valence-electron chi connectivity index (χ3n) is 6.55. The molecule has 11 heteroatoms. The molecule has 3 aromatic carbocycles. The van der Waals surface area contributed by atoms with Crippen molar-refractivity contribution in [3.8, 4) is 16.8 Å². The van der Waals surface area contributed by atoms with Crippen molar-refractivity contribution in [1.82, 2.24) is 9.55 Å². The van der Waals surface area contributed by atoms with E-state index in [1.807, 2.05) is 37.3 Å². The van der Waals surface area contributed by atoms with E-state index in [0.717, 1.165) is 24.3 Å². The topological polar surface area (TPSA) is 79.9 Å². The summed E-state index contributed by atoms with van der Waals surface area (Å²) in [5.74, 6) is -3.67. The monoisotopic (exact) mass is 565 g/mol. The summed E-state index contributed by atoms with van der Waals surface area (Å²) in [7, 11) is -3.55. The van der Waals surface area contributed by atoms with Gasteiger partial charge in [0.2, 0.25) is 0 Å². The van der Waals surface area contributed by atoms with E-state index in [0.29, 0.717) is 23.5 Å². The highest BCUT2D eigenvalue weighted by molar-refractivity contribution is 7.90. The average Bonchev–Trinajstić information content (AvgIpc) is 3.31. The molecule has 40 heavy (non-hydrogen) atoms. The Morgan fingerprint density at radius 3 is 2.33 bits per heavy atom. The van der Waals surface area contributed by atoms with Crippen LogP contribution in [0.25, 0.3) is 22.5 Å². The first-order chi connectivity index (χ1) is 18.8. The Balaban J connectivity index is 1.76. The smallest absolute Gasteiger partial charge is 0.288 e. The van der Waals surface area contributed by atoms with Crippen LogP contribution < -0.4 is 5.01 Å². The lowest BCUT2D eigenvalue weighted by molar-refractivity contribution is 0.0130. The summed E-state index contributed by atoms with van der Waals surface area (Å²) < 4.78 is 69.9. The molecule has 0 aliphatic carbocycles. The van der Waals surface area contributed by atoms with Crippen LogP contribution in [0.4, 0.5) is 18.9 Å². The maximum absolute atomic E-state index is 15.8. The van der Waals surface area contributed by atoms with E-state index in [1.165, 1.54) is 46.1 Å². The molecule has 4 aromatic rings. The fourth-order valence-corrected chi connectivity index (χ4v) is 5.13. The van der Waals surface area contributed by atoms with E-state index in [-0.39, 0.29) is 22.0 Å².